The van der Waals surface area contributed by atoms with Crippen molar-refractivity contribution in [1.29, 1.82) is 0 Å². The highest BCUT2D eigenvalue weighted by molar-refractivity contribution is 5.88. The molecule has 0 radical (unpaired) electrons. The Morgan fingerprint density at radius 2 is 2.29 bits per heavy atom. The first-order valence-electron chi connectivity index (χ1n) is 6.64. The number of hydrogen-bond acceptors (Lipinski definition) is 4. The fourth-order valence-corrected chi connectivity index (χ4v) is 2.13. The highest BCUT2D eigenvalue weighted by Gasteiger charge is 2.16. The summed E-state index contributed by atoms with van der Waals surface area (Å²) in [4.78, 5) is 11.1. The minimum absolute atomic E-state index is 0.0663. The minimum Gasteiger partial charge on any atom is -0.497 e. The van der Waals surface area contributed by atoms with Crippen molar-refractivity contribution < 1.29 is 14.6 Å². The van der Waals surface area contributed by atoms with Crippen molar-refractivity contribution in [2.24, 2.45) is 7.05 Å². The largest absolute Gasteiger partial charge is 0.497 e. The van der Waals surface area contributed by atoms with Crippen molar-refractivity contribution >= 4 is 5.97 Å². The maximum atomic E-state index is 11.1. The molecular weight excluding hydrogens is 270 g/mol. The van der Waals surface area contributed by atoms with Crippen LogP contribution in [0.2, 0.25) is 0 Å². The minimum atomic E-state index is -0.964. The predicted molar refractivity (Wildman–Crippen MR) is 78.4 cm³/mol. The van der Waals surface area contributed by atoms with E-state index in [-0.39, 0.29) is 11.6 Å². The smallest absolute Gasteiger partial charge is 0.339 e. The van der Waals surface area contributed by atoms with Crippen LogP contribution in [0.5, 0.6) is 5.75 Å². The van der Waals surface area contributed by atoms with E-state index in [4.69, 9.17) is 9.84 Å². The summed E-state index contributed by atoms with van der Waals surface area (Å²) in [5.74, 6) is -0.165. The number of rotatable bonds is 6. The third-order valence-corrected chi connectivity index (χ3v) is 3.46. The Kier molecular flexibility index (Phi) is 4.59. The Labute approximate surface area is 123 Å². The van der Waals surface area contributed by atoms with Crippen molar-refractivity contribution in [2.45, 2.75) is 19.5 Å². The number of nitrogens with zero attached hydrogens (tertiary/aromatic N) is 2. The fraction of sp³-hybridized carbons (Fsp3) is 0.333. The van der Waals surface area contributed by atoms with Gasteiger partial charge in [0.25, 0.3) is 0 Å². The van der Waals surface area contributed by atoms with Gasteiger partial charge in [-0.3, -0.25) is 4.68 Å². The number of carboxylic acid groups (broad SMARTS) is 1. The maximum absolute atomic E-state index is 11.1. The Morgan fingerprint density at radius 1 is 1.52 bits per heavy atom. The number of aromatic carboxylic acids is 1. The zero-order chi connectivity index (χ0) is 15.4. The Morgan fingerprint density at radius 3 is 2.95 bits per heavy atom. The van der Waals surface area contributed by atoms with E-state index in [0.717, 1.165) is 11.3 Å². The topological polar surface area (TPSA) is 76.4 Å². The number of carboxylic acids is 1. The lowest BCUT2D eigenvalue weighted by Gasteiger charge is -2.15. The summed E-state index contributed by atoms with van der Waals surface area (Å²) in [6.07, 6.45) is 1.37. The van der Waals surface area contributed by atoms with E-state index in [1.807, 2.05) is 31.2 Å². The summed E-state index contributed by atoms with van der Waals surface area (Å²) < 4.78 is 6.78. The summed E-state index contributed by atoms with van der Waals surface area (Å²) in [6.45, 7) is 2.45. The van der Waals surface area contributed by atoms with Crippen LogP contribution in [0.15, 0.2) is 30.5 Å². The van der Waals surface area contributed by atoms with E-state index in [0.29, 0.717) is 12.2 Å². The molecule has 1 aromatic carbocycles. The van der Waals surface area contributed by atoms with Gasteiger partial charge in [0, 0.05) is 19.6 Å². The van der Waals surface area contributed by atoms with Gasteiger partial charge in [-0.1, -0.05) is 12.1 Å². The molecule has 0 unspecified atom stereocenters. The molecule has 0 aliphatic heterocycles. The highest BCUT2D eigenvalue weighted by Crippen LogP contribution is 2.19. The first-order valence-corrected chi connectivity index (χ1v) is 6.64. The molecule has 0 aliphatic rings. The molecule has 2 N–H and O–H groups in total. The highest BCUT2D eigenvalue weighted by atomic mass is 16.5. The van der Waals surface area contributed by atoms with Crippen LogP contribution < -0.4 is 10.1 Å². The van der Waals surface area contributed by atoms with Gasteiger partial charge in [0.05, 0.1) is 19.0 Å². The molecule has 1 aromatic heterocycles. The molecule has 0 aliphatic carbocycles. The zero-order valence-corrected chi connectivity index (χ0v) is 12.3. The van der Waals surface area contributed by atoms with E-state index >= 15 is 0 Å². The number of carbonyl (C=O) groups is 1. The van der Waals surface area contributed by atoms with Gasteiger partial charge in [-0.15, -0.1) is 0 Å². The average molecular weight is 289 g/mol. The third-order valence-electron chi connectivity index (χ3n) is 3.46. The average Bonchev–Trinajstić information content (AvgIpc) is 2.86. The first kappa shape index (κ1) is 15.1. The van der Waals surface area contributed by atoms with Crippen LogP contribution in [-0.2, 0) is 13.6 Å². The molecule has 1 atom stereocenters. The number of aryl methyl sites for hydroxylation is 1. The standard InChI is InChI=1S/C15H19N3O3/c1-10(11-5-4-6-12(7-11)21-3)16-9-14-13(15(19)20)8-17-18(14)2/h4-8,10,16H,9H2,1-3H3,(H,19,20)/t10-/m1/s1. The van der Waals surface area contributed by atoms with E-state index in [9.17, 15) is 4.79 Å². The number of ether oxygens (including phenoxy) is 1. The molecule has 112 valence electrons. The van der Waals surface area contributed by atoms with Gasteiger partial charge in [0.2, 0.25) is 0 Å². The van der Waals surface area contributed by atoms with Gasteiger partial charge in [0.1, 0.15) is 11.3 Å². The molecule has 6 nitrogen and oxygen atoms in total. The molecule has 0 saturated carbocycles. The van der Waals surface area contributed by atoms with Crippen LogP contribution in [0.4, 0.5) is 0 Å². The van der Waals surface area contributed by atoms with Crippen LogP contribution in [0.25, 0.3) is 0 Å². The van der Waals surface area contributed by atoms with Crippen LogP contribution in [-0.4, -0.2) is 28.0 Å². The molecule has 0 spiro atoms. The van der Waals surface area contributed by atoms with Gasteiger partial charge in [-0.2, -0.15) is 5.10 Å². The van der Waals surface area contributed by atoms with Gasteiger partial charge >= 0.3 is 5.97 Å². The fourth-order valence-electron chi connectivity index (χ4n) is 2.13. The lowest BCUT2D eigenvalue weighted by molar-refractivity contribution is 0.0695. The molecule has 0 amide bonds. The summed E-state index contributed by atoms with van der Waals surface area (Å²) in [5, 5.41) is 16.4. The molecule has 0 fully saturated rings. The third kappa shape index (κ3) is 3.41. The number of aromatic nitrogens is 2. The van der Waals surface area contributed by atoms with E-state index in [1.54, 1.807) is 18.8 Å². The second-order valence-corrected chi connectivity index (χ2v) is 4.81. The lowest BCUT2D eigenvalue weighted by Crippen LogP contribution is -2.21. The van der Waals surface area contributed by atoms with Crippen LogP contribution in [0.1, 0.15) is 34.6 Å². The lowest BCUT2D eigenvalue weighted by atomic mass is 10.1. The van der Waals surface area contributed by atoms with Gasteiger partial charge in [-0.05, 0) is 24.6 Å². The van der Waals surface area contributed by atoms with E-state index < -0.39 is 5.97 Å². The summed E-state index contributed by atoms with van der Waals surface area (Å²) >= 11 is 0. The van der Waals surface area contributed by atoms with E-state index in [1.165, 1.54) is 6.20 Å². The Balaban J connectivity index is 2.09. The SMILES string of the molecule is COc1cccc([C@@H](C)NCc2c(C(=O)O)cnn2C)c1. The summed E-state index contributed by atoms with van der Waals surface area (Å²) in [5.41, 5.74) is 1.95. The molecule has 2 aromatic rings. The van der Waals surface area contributed by atoms with Crippen LogP contribution >= 0.6 is 0 Å². The predicted octanol–water partition coefficient (Wildman–Crippen LogP) is 1.98. The number of methoxy groups -OCH3 is 1. The molecule has 0 saturated heterocycles. The molecule has 21 heavy (non-hydrogen) atoms. The second-order valence-electron chi connectivity index (χ2n) is 4.81. The van der Waals surface area contributed by atoms with Crippen molar-refractivity contribution in [1.82, 2.24) is 15.1 Å². The number of hydrogen-bond donors (Lipinski definition) is 2. The van der Waals surface area contributed by atoms with Crippen LogP contribution in [0, 0.1) is 0 Å². The quantitative estimate of drug-likeness (QED) is 0.850. The molecule has 1 heterocycles. The van der Waals surface area contributed by atoms with Gasteiger partial charge < -0.3 is 15.2 Å². The number of nitrogens with one attached hydrogen (secondary N) is 1. The maximum Gasteiger partial charge on any atom is 0.339 e. The van der Waals surface area contributed by atoms with Crippen molar-refractivity contribution in [2.75, 3.05) is 7.11 Å². The first-order chi connectivity index (χ1) is 10.0. The molecular formula is C15H19N3O3. The Hall–Kier alpha value is -2.34. The number of benzene rings is 1. The molecule has 6 heteroatoms. The Bertz CT molecular complexity index is 637. The monoisotopic (exact) mass is 289 g/mol. The van der Waals surface area contributed by atoms with Crippen molar-refractivity contribution in [3.63, 3.8) is 0 Å². The van der Waals surface area contributed by atoms with Crippen LogP contribution in [0.3, 0.4) is 0 Å². The van der Waals surface area contributed by atoms with Gasteiger partial charge in [0.15, 0.2) is 0 Å². The second kappa shape index (κ2) is 6.41. The van der Waals surface area contributed by atoms with Crippen molar-refractivity contribution in [3.8, 4) is 5.75 Å². The summed E-state index contributed by atoms with van der Waals surface area (Å²) in [6, 6.07) is 7.84. The molecule has 0 bridgehead atoms. The summed E-state index contributed by atoms with van der Waals surface area (Å²) in [7, 11) is 3.37. The normalized spacial score (nSPS) is 12.1. The zero-order valence-electron chi connectivity index (χ0n) is 12.3. The molecule has 2 rings (SSSR count). The van der Waals surface area contributed by atoms with E-state index in [2.05, 4.69) is 10.4 Å². The van der Waals surface area contributed by atoms with Crippen molar-refractivity contribution in [3.05, 3.63) is 47.3 Å². The van der Waals surface area contributed by atoms with Gasteiger partial charge in [-0.25, -0.2) is 4.79 Å².